The van der Waals surface area contributed by atoms with Gasteiger partial charge in [0, 0.05) is 12.7 Å². The normalized spacial score (nSPS) is 12.4. The minimum Gasteiger partial charge on any atom is -0.382 e. The summed E-state index contributed by atoms with van der Waals surface area (Å²) in [7, 11) is 1.57. The zero-order valence-electron chi connectivity index (χ0n) is 11.5. The van der Waals surface area contributed by atoms with Gasteiger partial charge in [-0.05, 0) is 25.1 Å². The van der Waals surface area contributed by atoms with Crippen LogP contribution < -0.4 is 0 Å². The van der Waals surface area contributed by atoms with Crippen LogP contribution in [0.2, 0.25) is 0 Å². The Morgan fingerprint density at radius 2 is 1.85 bits per heavy atom. The summed E-state index contributed by atoms with van der Waals surface area (Å²) in [6, 6.07) is 3.02. The molecule has 4 nitrogen and oxygen atoms in total. The molecular formula is C14H18F2O4. The smallest absolute Gasteiger partial charge is 0.191 e. The zero-order valence-corrected chi connectivity index (χ0v) is 11.5. The molecule has 0 fully saturated rings. The van der Waals surface area contributed by atoms with Crippen LogP contribution in [0.5, 0.6) is 0 Å². The molecule has 1 rings (SSSR count). The first kappa shape index (κ1) is 16.7. The largest absolute Gasteiger partial charge is 0.382 e. The number of ether oxygens (including phenoxy) is 3. The number of halogens is 2. The van der Waals surface area contributed by atoms with Gasteiger partial charge in [-0.25, -0.2) is 8.78 Å². The number of ketones is 1. The number of hydrogen-bond acceptors (Lipinski definition) is 4. The van der Waals surface area contributed by atoms with E-state index in [1.807, 2.05) is 0 Å². The Bertz CT molecular complexity index is 437. The third-order valence-electron chi connectivity index (χ3n) is 2.60. The highest BCUT2D eigenvalue weighted by Gasteiger charge is 2.17. The lowest BCUT2D eigenvalue weighted by Gasteiger charge is -2.12. The van der Waals surface area contributed by atoms with Crippen LogP contribution in [-0.2, 0) is 14.2 Å². The summed E-state index contributed by atoms with van der Waals surface area (Å²) in [6.07, 6.45) is -0.745. The van der Waals surface area contributed by atoms with E-state index < -0.39 is 23.5 Å². The molecular weight excluding hydrogens is 270 g/mol. The molecule has 1 unspecified atom stereocenters. The number of methoxy groups -OCH3 is 1. The number of carbonyl (C=O) groups is 1. The van der Waals surface area contributed by atoms with Crippen LogP contribution >= 0.6 is 0 Å². The highest BCUT2D eigenvalue weighted by Crippen LogP contribution is 2.11. The molecule has 1 atom stereocenters. The summed E-state index contributed by atoms with van der Waals surface area (Å²) in [4.78, 5) is 11.9. The van der Waals surface area contributed by atoms with E-state index >= 15 is 0 Å². The predicted octanol–water partition coefficient (Wildman–Crippen LogP) is 2.22. The van der Waals surface area contributed by atoms with Crippen molar-refractivity contribution in [1.82, 2.24) is 0 Å². The number of Topliss-reactive ketones (excluding diaryl/α,β-unsaturated/α-hetero) is 1. The Kier molecular flexibility index (Phi) is 7.28. The van der Waals surface area contributed by atoms with Gasteiger partial charge in [0.2, 0.25) is 0 Å². The van der Waals surface area contributed by atoms with Crippen LogP contribution in [0, 0.1) is 11.6 Å². The molecule has 20 heavy (non-hydrogen) atoms. The number of carbonyl (C=O) groups excluding carboxylic acids is 1. The van der Waals surface area contributed by atoms with Crippen molar-refractivity contribution >= 4 is 5.78 Å². The van der Waals surface area contributed by atoms with Crippen molar-refractivity contribution in [3.05, 3.63) is 35.4 Å². The van der Waals surface area contributed by atoms with Gasteiger partial charge in [0.15, 0.2) is 17.4 Å². The molecule has 112 valence electrons. The van der Waals surface area contributed by atoms with Crippen molar-refractivity contribution < 1.29 is 27.8 Å². The molecule has 0 spiro atoms. The summed E-state index contributed by atoms with van der Waals surface area (Å²) in [6.45, 7) is 3.06. The molecule has 0 heterocycles. The molecule has 1 aromatic rings. The van der Waals surface area contributed by atoms with E-state index in [-0.39, 0.29) is 12.2 Å². The highest BCUT2D eigenvalue weighted by molar-refractivity contribution is 5.99. The van der Waals surface area contributed by atoms with Crippen molar-refractivity contribution in [2.24, 2.45) is 0 Å². The first-order valence-electron chi connectivity index (χ1n) is 6.23. The number of hydrogen-bond donors (Lipinski definition) is 0. The molecule has 0 aromatic heterocycles. The minimum absolute atomic E-state index is 0.0803. The molecule has 0 N–H and O–H groups in total. The third kappa shape index (κ3) is 5.32. The lowest BCUT2D eigenvalue weighted by atomic mass is 10.1. The number of benzene rings is 1. The maximum absolute atomic E-state index is 13.0. The second kappa shape index (κ2) is 8.73. The second-order valence-electron chi connectivity index (χ2n) is 4.11. The van der Waals surface area contributed by atoms with E-state index in [2.05, 4.69) is 0 Å². The van der Waals surface area contributed by atoms with Crippen molar-refractivity contribution in [1.29, 1.82) is 0 Å². The first-order valence-corrected chi connectivity index (χ1v) is 6.23. The van der Waals surface area contributed by atoms with E-state index in [1.54, 1.807) is 14.0 Å². The fraction of sp³-hybridized carbons (Fsp3) is 0.500. The first-order chi connectivity index (χ1) is 9.56. The third-order valence-corrected chi connectivity index (χ3v) is 2.60. The Labute approximate surface area is 116 Å². The molecule has 0 aliphatic heterocycles. The molecule has 0 amide bonds. The Morgan fingerprint density at radius 3 is 2.50 bits per heavy atom. The van der Waals surface area contributed by atoms with Crippen molar-refractivity contribution in [2.45, 2.75) is 13.0 Å². The number of rotatable bonds is 9. The van der Waals surface area contributed by atoms with Crippen molar-refractivity contribution in [3.63, 3.8) is 0 Å². The van der Waals surface area contributed by atoms with Gasteiger partial charge >= 0.3 is 0 Å². The van der Waals surface area contributed by atoms with Gasteiger partial charge in [0.05, 0.1) is 26.4 Å². The quantitative estimate of drug-likeness (QED) is 0.516. The molecule has 1 aromatic carbocycles. The van der Waals surface area contributed by atoms with Gasteiger partial charge in [-0.1, -0.05) is 0 Å². The molecule has 0 radical (unpaired) electrons. The predicted molar refractivity (Wildman–Crippen MR) is 68.8 cm³/mol. The van der Waals surface area contributed by atoms with E-state index in [0.29, 0.717) is 19.8 Å². The SMILES string of the molecule is COCCOCCOC(C)C(=O)c1ccc(F)c(F)c1. The van der Waals surface area contributed by atoms with E-state index in [0.717, 1.165) is 12.1 Å². The Hall–Kier alpha value is -1.37. The van der Waals surface area contributed by atoms with Gasteiger partial charge in [-0.3, -0.25) is 4.79 Å². The molecule has 6 heteroatoms. The van der Waals surface area contributed by atoms with E-state index in [4.69, 9.17) is 14.2 Å². The van der Waals surface area contributed by atoms with Crippen molar-refractivity contribution in [3.8, 4) is 0 Å². The van der Waals surface area contributed by atoms with E-state index in [9.17, 15) is 13.6 Å². The van der Waals surface area contributed by atoms with Gasteiger partial charge < -0.3 is 14.2 Å². The molecule has 0 saturated carbocycles. The van der Waals surface area contributed by atoms with Crippen LogP contribution in [0.3, 0.4) is 0 Å². The Morgan fingerprint density at radius 1 is 1.15 bits per heavy atom. The average molecular weight is 288 g/mol. The highest BCUT2D eigenvalue weighted by atomic mass is 19.2. The van der Waals surface area contributed by atoms with Crippen LogP contribution in [0.4, 0.5) is 8.78 Å². The van der Waals surface area contributed by atoms with Crippen LogP contribution in [0.1, 0.15) is 17.3 Å². The van der Waals surface area contributed by atoms with Crippen LogP contribution in [-0.4, -0.2) is 45.4 Å². The average Bonchev–Trinajstić information content (AvgIpc) is 2.44. The monoisotopic (exact) mass is 288 g/mol. The second-order valence-corrected chi connectivity index (χ2v) is 4.11. The minimum atomic E-state index is -1.05. The lowest BCUT2D eigenvalue weighted by molar-refractivity contribution is 0.00353. The Balaban J connectivity index is 2.37. The fourth-order valence-corrected chi connectivity index (χ4v) is 1.49. The molecule has 0 bridgehead atoms. The van der Waals surface area contributed by atoms with Gasteiger partial charge in [0.25, 0.3) is 0 Å². The van der Waals surface area contributed by atoms with Gasteiger partial charge in [-0.15, -0.1) is 0 Å². The zero-order chi connectivity index (χ0) is 15.0. The maximum Gasteiger partial charge on any atom is 0.191 e. The summed E-state index contributed by atoms with van der Waals surface area (Å²) >= 11 is 0. The topological polar surface area (TPSA) is 44.8 Å². The van der Waals surface area contributed by atoms with Crippen LogP contribution in [0.25, 0.3) is 0 Å². The lowest BCUT2D eigenvalue weighted by Crippen LogP contribution is -2.23. The van der Waals surface area contributed by atoms with Crippen LogP contribution in [0.15, 0.2) is 18.2 Å². The summed E-state index contributed by atoms with van der Waals surface area (Å²) in [5, 5.41) is 0. The molecule has 0 aliphatic rings. The maximum atomic E-state index is 13.0. The van der Waals surface area contributed by atoms with Gasteiger partial charge in [-0.2, -0.15) is 0 Å². The van der Waals surface area contributed by atoms with Crippen molar-refractivity contribution in [2.75, 3.05) is 33.5 Å². The fourth-order valence-electron chi connectivity index (χ4n) is 1.49. The summed E-state index contributed by atoms with van der Waals surface area (Å²) < 4.78 is 41.0. The molecule has 0 saturated heterocycles. The summed E-state index contributed by atoms with van der Waals surface area (Å²) in [5.41, 5.74) is 0.0803. The molecule has 0 aliphatic carbocycles. The summed E-state index contributed by atoms with van der Waals surface area (Å²) in [5.74, 6) is -2.44. The standard InChI is InChI=1S/C14H18F2O4/c1-10(20-8-7-19-6-5-18-2)14(17)11-3-4-12(15)13(16)9-11/h3-4,9-10H,5-8H2,1-2H3. The van der Waals surface area contributed by atoms with E-state index in [1.165, 1.54) is 6.07 Å². The van der Waals surface area contributed by atoms with Gasteiger partial charge in [0.1, 0.15) is 6.10 Å².